The Balaban J connectivity index is 2.22. The fraction of sp³-hybridized carbons (Fsp3) is 0.267. The molecule has 2 aromatic rings. The van der Waals surface area contributed by atoms with Crippen LogP contribution in [0.2, 0.25) is 0 Å². The quantitative estimate of drug-likeness (QED) is 0.880. The van der Waals surface area contributed by atoms with Gasteiger partial charge in [-0.1, -0.05) is 13.0 Å². The molecule has 1 heterocycles. The van der Waals surface area contributed by atoms with E-state index in [0.717, 1.165) is 4.88 Å². The molecule has 0 bridgehead atoms. The average Bonchev–Trinajstić information content (AvgIpc) is 2.97. The van der Waals surface area contributed by atoms with E-state index in [2.05, 4.69) is 5.32 Å². The van der Waals surface area contributed by atoms with Gasteiger partial charge in [-0.05, 0) is 35.7 Å². The Labute approximate surface area is 134 Å². The number of amides is 1. The molecular formula is C15H18N2O3S2. The smallest absolute Gasteiger partial charge is 0.243 e. The Morgan fingerprint density at radius 1 is 1.23 bits per heavy atom. The van der Waals surface area contributed by atoms with E-state index in [1.54, 1.807) is 12.1 Å². The predicted molar refractivity (Wildman–Crippen MR) is 88.3 cm³/mol. The van der Waals surface area contributed by atoms with Crippen LogP contribution in [0.1, 0.15) is 18.7 Å². The third kappa shape index (κ3) is 3.94. The largest absolute Gasteiger partial charge is 0.326 e. The zero-order valence-electron chi connectivity index (χ0n) is 12.4. The summed E-state index contributed by atoms with van der Waals surface area (Å²) in [7, 11) is -3.55. The SMILES string of the molecule is CCN(Cc1cccs1)S(=O)(=O)c1ccc(NC(C)=O)cc1. The topological polar surface area (TPSA) is 66.5 Å². The van der Waals surface area contributed by atoms with Crippen molar-refractivity contribution in [3.8, 4) is 0 Å². The number of carbonyl (C=O) groups is 1. The van der Waals surface area contributed by atoms with Crippen LogP contribution in [-0.2, 0) is 21.4 Å². The molecule has 7 heteroatoms. The summed E-state index contributed by atoms with van der Waals surface area (Å²) < 4.78 is 26.8. The molecule has 1 aromatic heterocycles. The highest BCUT2D eigenvalue weighted by atomic mass is 32.2. The van der Waals surface area contributed by atoms with Gasteiger partial charge in [0.25, 0.3) is 0 Å². The number of hydrogen-bond acceptors (Lipinski definition) is 4. The van der Waals surface area contributed by atoms with Crippen LogP contribution in [0.3, 0.4) is 0 Å². The maximum Gasteiger partial charge on any atom is 0.243 e. The van der Waals surface area contributed by atoms with Crippen LogP contribution in [0.25, 0.3) is 0 Å². The Hall–Kier alpha value is -1.70. The number of anilines is 1. The molecule has 5 nitrogen and oxygen atoms in total. The zero-order valence-corrected chi connectivity index (χ0v) is 14.1. The van der Waals surface area contributed by atoms with Crippen LogP contribution in [0.5, 0.6) is 0 Å². The Morgan fingerprint density at radius 2 is 1.91 bits per heavy atom. The molecule has 0 spiro atoms. The molecule has 0 aliphatic carbocycles. The molecule has 1 amide bonds. The van der Waals surface area contributed by atoms with Crippen molar-refractivity contribution in [2.24, 2.45) is 0 Å². The van der Waals surface area contributed by atoms with Crippen molar-refractivity contribution in [3.05, 3.63) is 46.7 Å². The lowest BCUT2D eigenvalue weighted by molar-refractivity contribution is -0.114. The van der Waals surface area contributed by atoms with Gasteiger partial charge in [0, 0.05) is 30.6 Å². The summed E-state index contributed by atoms with van der Waals surface area (Å²) in [5, 5.41) is 4.55. The van der Waals surface area contributed by atoms with Crippen LogP contribution in [0.15, 0.2) is 46.7 Å². The Bertz CT molecular complexity index is 723. The molecule has 1 aromatic carbocycles. The fourth-order valence-corrected chi connectivity index (χ4v) is 4.23. The van der Waals surface area contributed by atoms with Crippen molar-refractivity contribution in [1.29, 1.82) is 0 Å². The van der Waals surface area contributed by atoms with E-state index >= 15 is 0 Å². The highest BCUT2D eigenvalue weighted by Gasteiger charge is 2.23. The minimum atomic E-state index is -3.55. The minimum Gasteiger partial charge on any atom is -0.326 e. The van der Waals surface area contributed by atoms with Crippen LogP contribution in [0.4, 0.5) is 5.69 Å². The molecule has 0 unspecified atom stereocenters. The molecule has 0 radical (unpaired) electrons. The lowest BCUT2D eigenvalue weighted by Crippen LogP contribution is -2.30. The van der Waals surface area contributed by atoms with Gasteiger partial charge in [-0.15, -0.1) is 11.3 Å². The third-order valence-electron chi connectivity index (χ3n) is 3.08. The van der Waals surface area contributed by atoms with Gasteiger partial charge in [-0.25, -0.2) is 8.42 Å². The van der Waals surface area contributed by atoms with Gasteiger partial charge < -0.3 is 5.32 Å². The maximum atomic E-state index is 12.7. The summed E-state index contributed by atoms with van der Waals surface area (Å²) in [5.74, 6) is -0.191. The first-order valence-electron chi connectivity index (χ1n) is 6.83. The van der Waals surface area contributed by atoms with E-state index in [9.17, 15) is 13.2 Å². The standard InChI is InChI=1S/C15H18N2O3S2/c1-3-17(11-14-5-4-10-21-14)22(19,20)15-8-6-13(7-9-15)16-12(2)18/h4-10H,3,11H2,1-2H3,(H,16,18). The molecule has 0 saturated carbocycles. The summed E-state index contributed by atoms with van der Waals surface area (Å²) in [6.45, 7) is 3.99. The molecule has 0 atom stereocenters. The lowest BCUT2D eigenvalue weighted by atomic mass is 10.3. The summed E-state index contributed by atoms with van der Waals surface area (Å²) in [5.41, 5.74) is 0.577. The summed E-state index contributed by atoms with van der Waals surface area (Å²) in [6, 6.07) is 10.0. The fourth-order valence-electron chi connectivity index (χ4n) is 2.01. The predicted octanol–water partition coefficient (Wildman–Crippen LogP) is 2.92. The van der Waals surface area contributed by atoms with E-state index in [1.807, 2.05) is 24.4 Å². The number of carbonyl (C=O) groups excluding carboxylic acids is 1. The van der Waals surface area contributed by atoms with Gasteiger partial charge in [0.2, 0.25) is 15.9 Å². The molecule has 0 saturated heterocycles. The van der Waals surface area contributed by atoms with Gasteiger partial charge in [0.1, 0.15) is 0 Å². The molecule has 22 heavy (non-hydrogen) atoms. The van der Waals surface area contributed by atoms with Crippen molar-refractivity contribution < 1.29 is 13.2 Å². The number of sulfonamides is 1. The van der Waals surface area contributed by atoms with Crippen LogP contribution >= 0.6 is 11.3 Å². The Morgan fingerprint density at radius 3 is 2.41 bits per heavy atom. The zero-order chi connectivity index (χ0) is 16.2. The second kappa shape index (κ2) is 7.04. The molecule has 0 aliphatic heterocycles. The molecule has 0 aliphatic rings. The van der Waals surface area contributed by atoms with E-state index in [4.69, 9.17) is 0 Å². The van der Waals surface area contributed by atoms with Gasteiger partial charge in [-0.3, -0.25) is 4.79 Å². The van der Waals surface area contributed by atoms with E-state index in [-0.39, 0.29) is 10.8 Å². The maximum absolute atomic E-state index is 12.7. The number of benzene rings is 1. The van der Waals surface area contributed by atoms with Gasteiger partial charge in [0.15, 0.2) is 0 Å². The van der Waals surface area contributed by atoms with Crippen molar-refractivity contribution >= 4 is 33.0 Å². The second-order valence-corrected chi connectivity index (χ2v) is 7.69. The molecule has 0 fully saturated rings. The summed E-state index contributed by atoms with van der Waals surface area (Å²) in [6.07, 6.45) is 0. The van der Waals surface area contributed by atoms with E-state index < -0.39 is 10.0 Å². The first kappa shape index (κ1) is 16.7. The summed E-state index contributed by atoms with van der Waals surface area (Å²) >= 11 is 1.53. The number of nitrogens with zero attached hydrogens (tertiary/aromatic N) is 1. The number of rotatable bonds is 6. The van der Waals surface area contributed by atoms with Crippen molar-refractivity contribution in [1.82, 2.24) is 4.31 Å². The first-order valence-corrected chi connectivity index (χ1v) is 9.15. The number of hydrogen-bond donors (Lipinski definition) is 1. The van der Waals surface area contributed by atoms with Crippen molar-refractivity contribution in [2.75, 3.05) is 11.9 Å². The van der Waals surface area contributed by atoms with Crippen molar-refractivity contribution in [3.63, 3.8) is 0 Å². The van der Waals surface area contributed by atoms with Gasteiger partial charge in [0.05, 0.1) is 4.90 Å². The molecule has 2 rings (SSSR count). The van der Waals surface area contributed by atoms with Crippen molar-refractivity contribution in [2.45, 2.75) is 25.3 Å². The molecule has 1 N–H and O–H groups in total. The molecule has 118 valence electrons. The monoisotopic (exact) mass is 338 g/mol. The first-order chi connectivity index (χ1) is 10.4. The highest BCUT2D eigenvalue weighted by Crippen LogP contribution is 2.21. The number of thiophene rings is 1. The lowest BCUT2D eigenvalue weighted by Gasteiger charge is -2.20. The van der Waals surface area contributed by atoms with E-state index in [1.165, 1.54) is 34.7 Å². The van der Waals surface area contributed by atoms with Gasteiger partial charge >= 0.3 is 0 Å². The minimum absolute atomic E-state index is 0.191. The Kier molecular flexibility index (Phi) is 5.33. The highest BCUT2D eigenvalue weighted by molar-refractivity contribution is 7.89. The van der Waals surface area contributed by atoms with Crippen LogP contribution in [-0.4, -0.2) is 25.2 Å². The molecular weight excluding hydrogens is 320 g/mol. The third-order valence-corrected chi connectivity index (χ3v) is 5.87. The summed E-state index contributed by atoms with van der Waals surface area (Å²) in [4.78, 5) is 12.2. The normalized spacial score (nSPS) is 11.6. The van der Waals surface area contributed by atoms with Crippen LogP contribution in [0, 0.1) is 0 Å². The second-order valence-electron chi connectivity index (χ2n) is 4.72. The van der Waals surface area contributed by atoms with E-state index in [0.29, 0.717) is 18.8 Å². The average molecular weight is 338 g/mol. The van der Waals surface area contributed by atoms with Gasteiger partial charge in [-0.2, -0.15) is 4.31 Å². The number of nitrogens with one attached hydrogen (secondary N) is 1. The van der Waals surface area contributed by atoms with Crippen LogP contribution < -0.4 is 5.32 Å².